The molecule has 1 aliphatic heterocycles. The van der Waals surface area contributed by atoms with Crippen LogP contribution in [0.4, 0.5) is 5.13 Å². The number of hydrogen-bond acceptors (Lipinski definition) is 4. The fourth-order valence-corrected chi connectivity index (χ4v) is 4.69. The Balaban J connectivity index is 1.38. The summed E-state index contributed by atoms with van der Waals surface area (Å²) < 4.78 is 2.28. The molecule has 4 nitrogen and oxygen atoms in total. The Morgan fingerprint density at radius 2 is 1.78 bits per heavy atom. The van der Waals surface area contributed by atoms with E-state index >= 15 is 0 Å². The SMILES string of the molecule is CCc1ccc2nc(N3CCN(C(=O)Cc4ccc(Br)cc4)CC3)sc2c1. The minimum absolute atomic E-state index is 0.203. The molecule has 0 N–H and O–H groups in total. The van der Waals surface area contributed by atoms with E-state index in [-0.39, 0.29) is 5.91 Å². The van der Waals surface area contributed by atoms with Gasteiger partial charge in [-0.2, -0.15) is 0 Å². The molecule has 1 amide bonds. The fraction of sp³-hybridized carbons (Fsp3) is 0.333. The minimum Gasteiger partial charge on any atom is -0.345 e. The van der Waals surface area contributed by atoms with Gasteiger partial charge < -0.3 is 9.80 Å². The molecule has 0 aliphatic carbocycles. The Morgan fingerprint density at radius 3 is 2.48 bits per heavy atom. The Kier molecular flexibility index (Phi) is 5.45. The van der Waals surface area contributed by atoms with Gasteiger partial charge in [-0.1, -0.05) is 52.4 Å². The van der Waals surface area contributed by atoms with E-state index in [1.807, 2.05) is 29.2 Å². The predicted octanol–water partition coefficient (Wildman–Crippen LogP) is 4.51. The second kappa shape index (κ2) is 7.98. The summed E-state index contributed by atoms with van der Waals surface area (Å²) in [6.07, 6.45) is 1.51. The maximum Gasteiger partial charge on any atom is 0.227 e. The summed E-state index contributed by atoms with van der Waals surface area (Å²) in [6.45, 7) is 5.36. The third-order valence-corrected chi connectivity index (χ3v) is 6.63. The van der Waals surface area contributed by atoms with Gasteiger partial charge in [-0.15, -0.1) is 0 Å². The molecule has 4 rings (SSSR count). The Morgan fingerprint density at radius 1 is 1.07 bits per heavy atom. The lowest BCUT2D eigenvalue weighted by Gasteiger charge is -2.34. The molecule has 6 heteroatoms. The second-order valence-electron chi connectivity index (χ2n) is 6.82. The van der Waals surface area contributed by atoms with Crippen LogP contribution in [-0.4, -0.2) is 42.0 Å². The number of amides is 1. The first-order valence-corrected chi connectivity index (χ1v) is 10.9. The average Bonchev–Trinajstić information content (AvgIpc) is 3.13. The maximum absolute atomic E-state index is 12.6. The van der Waals surface area contributed by atoms with Crippen LogP contribution in [0.1, 0.15) is 18.1 Å². The third-order valence-electron chi connectivity index (χ3n) is 5.02. The van der Waals surface area contributed by atoms with Crippen molar-refractivity contribution < 1.29 is 4.79 Å². The number of halogens is 1. The molecule has 1 aliphatic rings. The summed E-state index contributed by atoms with van der Waals surface area (Å²) in [7, 11) is 0. The first-order valence-electron chi connectivity index (χ1n) is 9.29. The van der Waals surface area contributed by atoms with Gasteiger partial charge in [0, 0.05) is 30.7 Å². The smallest absolute Gasteiger partial charge is 0.227 e. The van der Waals surface area contributed by atoms with Crippen LogP contribution in [0.25, 0.3) is 10.2 Å². The molecular weight excluding hydrogens is 422 g/mol. The maximum atomic E-state index is 12.6. The number of aromatic nitrogens is 1. The Labute approximate surface area is 171 Å². The van der Waals surface area contributed by atoms with E-state index < -0.39 is 0 Å². The number of fused-ring (bicyclic) bond motifs is 1. The molecule has 3 aromatic rings. The van der Waals surface area contributed by atoms with E-state index in [1.54, 1.807) is 11.3 Å². The number of aryl methyl sites for hydroxylation is 1. The molecule has 0 radical (unpaired) electrons. The number of hydrogen-bond donors (Lipinski definition) is 0. The molecule has 1 aromatic heterocycles. The van der Waals surface area contributed by atoms with Crippen LogP contribution in [-0.2, 0) is 17.6 Å². The Bertz CT molecular complexity index is 946. The number of anilines is 1. The van der Waals surface area contributed by atoms with Crippen molar-refractivity contribution in [3.05, 3.63) is 58.1 Å². The van der Waals surface area contributed by atoms with Crippen molar-refractivity contribution in [3.8, 4) is 0 Å². The van der Waals surface area contributed by atoms with Gasteiger partial charge >= 0.3 is 0 Å². The monoisotopic (exact) mass is 443 g/mol. The van der Waals surface area contributed by atoms with E-state index in [1.165, 1.54) is 10.3 Å². The van der Waals surface area contributed by atoms with Crippen LogP contribution >= 0.6 is 27.3 Å². The highest BCUT2D eigenvalue weighted by atomic mass is 79.9. The van der Waals surface area contributed by atoms with Crippen molar-refractivity contribution in [2.75, 3.05) is 31.1 Å². The van der Waals surface area contributed by atoms with E-state index in [9.17, 15) is 4.79 Å². The molecule has 1 fully saturated rings. The number of thiazole rings is 1. The highest BCUT2D eigenvalue weighted by Crippen LogP contribution is 2.30. The topological polar surface area (TPSA) is 36.4 Å². The summed E-state index contributed by atoms with van der Waals surface area (Å²) in [5.41, 5.74) is 3.48. The highest BCUT2D eigenvalue weighted by Gasteiger charge is 2.23. The second-order valence-corrected chi connectivity index (χ2v) is 8.75. The molecule has 1 saturated heterocycles. The van der Waals surface area contributed by atoms with Crippen molar-refractivity contribution in [1.29, 1.82) is 0 Å². The number of piperazine rings is 1. The summed E-state index contributed by atoms with van der Waals surface area (Å²) in [5.74, 6) is 0.203. The van der Waals surface area contributed by atoms with E-state index in [0.717, 1.165) is 53.3 Å². The molecule has 0 atom stereocenters. The van der Waals surface area contributed by atoms with Crippen LogP contribution < -0.4 is 4.90 Å². The summed E-state index contributed by atoms with van der Waals surface area (Å²) >= 11 is 5.19. The van der Waals surface area contributed by atoms with E-state index in [2.05, 4.69) is 46.0 Å². The van der Waals surface area contributed by atoms with Gasteiger partial charge in [0.1, 0.15) is 0 Å². The number of benzene rings is 2. The summed E-state index contributed by atoms with van der Waals surface area (Å²) in [6, 6.07) is 14.5. The molecule has 140 valence electrons. The van der Waals surface area contributed by atoms with Crippen LogP contribution in [0.3, 0.4) is 0 Å². The fourth-order valence-electron chi connectivity index (χ4n) is 3.35. The summed E-state index contributed by atoms with van der Waals surface area (Å²) in [4.78, 5) is 21.7. The van der Waals surface area contributed by atoms with Gasteiger partial charge in [0.2, 0.25) is 5.91 Å². The van der Waals surface area contributed by atoms with Crippen molar-refractivity contribution >= 4 is 48.5 Å². The van der Waals surface area contributed by atoms with Crippen LogP contribution in [0.5, 0.6) is 0 Å². The number of nitrogens with zero attached hydrogens (tertiary/aromatic N) is 3. The van der Waals surface area contributed by atoms with Gasteiger partial charge in [0.05, 0.1) is 16.6 Å². The van der Waals surface area contributed by atoms with Gasteiger partial charge in [-0.25, -0.2) is 4.98 Å². The van der Waals surface area contributed by atoms with Crippen molar-refractivity contribution in [3.63, 3.8) is 0 Å². The zero-order valence-electron chi connectivity index (χ0n) is 15.3. The lowest BCUT2D eigenvalue weighted by molar-refractivity contribution is -0.130. The van der Waals surface area contributed by atoms with Crippen LogP contribution in [0, 0.1) is 0 Å². The Hall–Kier alpha value is -1.92. The molecule has 0 saturated carbocycles. The van der Waals surface area contributed by atoms with Crippen molar-refractivity contribution in [2.45, 2.75) is 19.8 Å². The summed E-state index contributed by atoms with van der Waals surface area (Å²) in [5, 5.41) is 1.07. The average molecular weight is 444 g/mol. The lowest BCUT2D eigenvalue weighted by Crippen LogP contribution is -2.49. The van der Waals surface area contributed by atoms with E-state index in [0.29, 0.717) is 6.42 Å². The van der Waals surface area contributed by atoms with Gasteiger partial charge in [0.25, 0.3) is 0 Å². The van der Waals surface area contributed by atoms with Crippen molar-refractivity contribution in [1.82, 2.24) is 9.88 Å². The van der Waals surface area contributed by atoms with Crippen LogP contribution in [0.2, 0.25) is 0 Å². The molecular formula is C21H22BrN3OS. The number of carbonyl (C=O) groups is 1. The zero-order valence-corrected chi connectivity index (χ0v) is 17.7. The lowest BCUT2D eigenvalue weighted by atomic mass is 10.1. The number of carbonyl (C=O) groups excluding carboxylic acids is 1. The predicted molar refractivity (Wildman–Crippen MR) is 116 cm³/mol. The highest BCUT2D eigenvalue weighted by molar-refractivity contribution is 9.10. The molecule has 0 spiro atoms. The molecule has 0 bridgehead atoms. The first-order chi connectivity index (χ1) is 13.1. The normalized spacial score (nSPS) is 14.7. The molecule has 2 aromatic carbocycles. The van der Waals surface area contributed by atoms with Crippen LogP contribution in [0.15, 0.2) is 46.9 Å². The van der Waals surface area contributed by atoms with Gasteiger partial charge in [-0.05, 0) is 41.8 Å². The van der Waals surface area contributed by atoms with Crippen molar-refractivity contribution in [2.24, 2.45) is 0 Å². The zero-order chi connectivity index (χ0) is 18.8. The quantitative estimate of drug-likeness (QED) is 0.594. The van der Waals surface area contributed by atoms with Gasteiger partial charge in [-0.3, -0.25) is 4.79 Å². The molecule has 0 unspecified atom stereocenters. The number of rotatable bonds is 4. The molecule has 27 heavy (non-hydrogen) atoms. The third kappa shape index (κ3) is 4.17. The molecule has 2 heterocycles. The van der Waals surface area contributed by atoms with E-state index in [4.69, 9.17) is 4.98 Å². The largest absolute Gasteiger partial charge is 0.345 e. The van der Waals surface area contributed by atoms with Gasteiger partial charge in [0.15, 0.2) is 5.13 Å². The first kappa shape index (κ1) is 18.4. The standard InChI is InChI=1S/C21H22BrN3OS/c1-2-15-5-8-18-19(13-15)27-21(23-18)25-11-9-24(10-12-25)20(26)14-16-3-6-17(22)7-4-16/h3-8,13H,2,9-12,14H2,1H3. The minimum atomic E-state index is 0.203.